The van der Waals surface area contributed by atoms with E-state index in [2.05, 4.69) is 9.80 Å². The van der Waals surface area contributed by atoms with Gasteiger partial charge in [-0.1, -0.05) is 30.4 Å². The first kappa shape index (κ1) is 21.0. The maximum Gasteiger partial charge on any atom is 0.161 e. The second-order valence-electron chi connectivity index (χ2n) is 7.15. The van der Waals surface area contributed by atoms with E-state index in [9.17, 15) is 10.2 Å². The first-order valence-corrected chi connectivity index (χ1v) is 9.97. The van der Waals surface area contributed by atoms with Crippen molar-refractivity contribution in [2.45, 2.75) is 13.0 Å². The number of para-hydroxylation sites is 2. The van der Waals surface area contributed by atoms with Gasteiger partial charge in [0.15, 0.2) is 11.5 Å². The predicted octanol–water partition coefficient (Wildman–Crippen LogP) is 3.00. The van der Waals surface area contributed by atoms with Crippen molar-refractivity contribution in [3.8, 4) is 17.2 Å². The van der Waals surface area contributed by atoms with E-state index < -0.39 is 6.10 Å². The zero-order valence-electron chi connectivity index (χ0n) is 17.1. The van der Waals surface area contributed by atoms with Gasteiger partial charge in [0.05, 0.1) is 12.8 Å². The number of phenolic OH excluding ortho intramolecular Hbond substituents is 1. The maximum atomic E-state index is 10.4. The number of benzene rings is 2. The smallest absolute Gasteiger partial charge is 0.161 e. The molecule has 0 bridgehead atoms. The molecule has 2 N–H and O–H groups in total. The average Bonchev–Trinajstić information content (AvgIpc) is 2.74. The number of rotatable bonds is 8. The molecule has 0 spiro atoms. The molecule has 0 amide bonds. The second-order valence-corrected chi connectivity index (χ2v) is 7.15. The number of ether oxygens (including phenoxy) is 2. The molecule has 0 saturated carbocycles. The van der Waals surface area contributed by atoms with Crippen LogP contribution in [0.15, 0.2) is 48.5 Å². The Morgan fingerprint density at radius 2 is 1.83 bits per heavy atom. The van der Waals surface area contributed by atoms with Gasteiger partial charge < -0.3 is 24.6 Å². The number of aromatic hydroxyl groups is 1. The molecule has 2 aromatic rings. The number of nitrogens with zero attached hydrogens (tertiary/aromatic N) is 2. The van der Waals surface area contributed by atoms with E-state index in [1.54, 1.807) is 13.2 Å². The lowest BCUT2D eigenvalue weighted by Crippen LogP contribution is -2.49. The SMILES string of the molecule is C/C=C/c1ccc(OCC(O)CN2CCN(c3ccccc3O)CC2)c(OC)c1. The monoisotopic (exact) mass is 398 g/mol. The number of piperazine rings is 1. The Balaban J connectivity index is 1.47. The zero-order chi connectivity index (χ0) is 20.6. The number of aliphatic hydroxyl groups is 1. The number of hydrogen-bond donors (Lipinski definition) is 2. The second kappa shape index (κ2) is 10.2. The van der Waals surface area contributed by atoms with Crippen molar-refractivity contribution in [1.29, 1.82) is 0 Å². The highest BCUT2D eigenvalue weighted by molar-refractivity contribution is 5.58. The Hall–Kier alpha value is -2.70. The van der Waals surface area contributed by atoms with Gasteiger partial charge in [0.25, 0.3) is 0 Å². The molecule has 1 saturated heterocycles. The molecule has 6 nitrogen and oxygen atoms in total. The first-order valence-electron chi connectivity index (χ1n) is 9.97. The minimum Gasteiger partial charge on any atom is -0.506 e. The summed E-state index contributed by atoms with van der Waals surface area (Å²) in [5.41, 5.74) is 1.91. The molecule has 29 heavy (non-hydrogen) atoms. The topological polar surface area (TPSA) is 65.4 Å². The largest absolute Gasteiger partial charge is 0.506 e. The van der Waals surface area contributed by atoms with Crippen LogP contribution >= 0.6 is 0 Å². The maximum absolute atomic E-state index is 10.4. The molecular weight excluding hydrogens is 368 g/mol. The van der Waals surface area contributed by atoms with E-state index in [1.165, 1.54) is 0 Å². The predicted molar refractivity (Wildman–Crippen MR) is 116 cm³/mol. The third-order valence-electron chi connectivity index (χ3n) is 5.04. The molecular formula is C23H30N2O4. The van der Waals surface area contributed by atoms with Gasteiger partial charge in [-0.2, -0.15) is 0 Å². The van der Waals surface area contributed by atoms with Crippen molar-refractivity contribution < 1.29 is 19.7 Å². The summed E-state index contributed by atoms with van der Waals surface area (Å²) < 4.78 is 11.2. The lowest BCUT2D eigenvalue weighted by atomic mass is 10.2. The molecule has 1 atom stereocenters. The molecule has 1 aliphatic rings. The van der Waals surface area contributed by atoms with Gasteiger partial charge in [-0.25, -0.2) is 0 Å². The van der Waals surface area contributed by atoms with E-state index in [1.807, 2.05) is 55.5 Å². The molecule has 1 heterocycles. The Bertz CT molecular complexity index is 816. The summed E-state index contributed by atoms with van der Waals surface area (Å²) in [7, 11) is 1.61. The highest BCUT2D eigenvalue weighted by Gasteiger charge is 2.21. The fourth-order valence-electron chi connectivity index (χ4n) is 3.54. The van der Waals surface area contributed by atoms with E-state index >= 15 is 0 Å². The minimum atomic E-state index is -0.591. The molecule has 1 unspecified atom stereocenters. The Morgan fingerprint density at radius 1 is 1.07 bits per heavy atom. The molecule has 3 rings (SSSR count). The van der Waals surface area contributed by atoms with E-state index in [0.29, 0.717) is 23.8 Å². The number of hydrogen-bond acceptors (Lipinski definition) is 6. The van der Waals surface area contributed by atoms with Crippen LogP contribution in [0.25, 0.3) is 6.08 Å². The van der Waals surface area contributed by atoms with E-state index in [4.69, 9.17) is 9.47 Å². The van der Waals surface area contributed by atoms with Gasteiger partial charge in [0, 0.05) is 32.7 Å². The summed E-state index contributed by atoms with van der Waals surface area (Å²) in [4.78, 5) is 4.39. The minimum absolute atomic E-state index is 0.207. The third-order valence-corrected chi connectivity index (χ3v) is 5.04. The molecule has 0 aliphatic carbocycles. The van der Waals surface area contributed by atoms with Gasteiger partial charge in [-0.3, -0.25) is 4.90 Å². The van der Waals surface area contributed by atoms with Crippen molar-refractivity contribution >= 4 is 11.8 Å². The zero-order valence-corrected chi connectivity index (χ0v) is 17.1. The number of β-amino-alcohol motifs (C(OH)–C–C–N with tert-alkyl or cyclic N) is 1. The van der Waals surface area contributed by atoms with Crippen LogP contribution in [0, 0.1) is 0 Å². The van der Waals surface area contributed by atoms with Crippen LogP contribution in [0.2, 0.25) is 0 Å². The van der Waals surface area contributed by atoms with Crippen LogP contribution in [-0.4, -0.2) is 67.7 Å². The Labute approximate surface area is 172 Å². The summed E-state index contributed by atoms with van der Waals surface area (Å²) in [6.45, 7) is 6.00. The van der Waals surface area contributed by atoms with Crippen LogP contribution in [0.3, 0.4) is 0 Å². The molecule has 1 fully saturated rings. The fourth-order valence-corrected chi connectivity index (χ4v) is 3.54. The van der Waals surface area contributed by atoms with Crippen molar-refractivity contribution in [2.24, 2.45) is 0 Å². The number of aliphatic hydroxyl groups excluding tert-OH is 1. The molecule has 0 aromatic heterocycles. The molecule has 2 aromatic carbocycles. The highest BCUT2D eigenvalue weighted by atomic mass is 16.5. The molecule has 156 valence electrons. The Kier molecular flexibility index (Phi) is 7.38. The lowest BCUT2D eigenvalue weighted by molar-refractivity contribution is 0.0653. The van der Waals surface area contributed by atoms with Crippen LogP contribution in [0.1, 0.15) is 12.5 Å². The van der Waals surface area contributed by atoms with Crippen molar-refractivity contribution in [3.63, 3.8) is 0 Å². The quantitative estimate of drug-likeness (QED) is 0.713. The van der Waals surface area contributed by atoms with Crippen LogP contribution in [-0.2, 0) is 0 Å². The van der Waals surface area contributed by atoms with Crippen LogP contribution in [0.5, 0.6) is 17.2 Å². The van der Waals surface area contributed by atoms with Crippen LogP contribution in [0.4, 0.5) is 5.69 Å². The summed E-state index contributed by atoms with van der Waals surface area (Å²) in [6.07, 6.45) is 3.38. The van der Waals surface area contributed by atoms with Gasteiger partial charge in [0.1, 0.15) is 18.5 Å². The normalized spacial score (nSPS) is 16.2. The summed E-state index contributed by atoms with van der Waals surface area (Å²) >= 11 is 0. The van der Waals surface area contributed by atoms with E-state index in [0.717, 1.165) is 37.4 Å². The molecule has 0 radical (unpaired) electrons. The summed E-state index contributed by atoms with van der Waals surface area (Å²) in [6, 6.07) is 13.1. The number of methoxy groups -OCH3 is 1. The van der Waals surface area contributed by atoms with Gasteiger partial charge in [0.2, 0.25) is 0 Å². The van der Waals surface area contributed by atoms with Crippen molar-refractivity contribution in [2.75, 3.05) is 51.3 Å². The van der Waals surface area contributed by atoms with Crippen molar-refractivity contribution in [1.82, 2.24) is 4.90 Å². The number of allylic oxidation sites excluding steroid dienone is 1. The Morgan fingerprint density at radius 3 is 2.52 bits per heavy atom. The van der Waals surface area contributed by atoms with Crippen LogP contribution < -0.4 is 14.4 Å². The summed E-state index contributed by atoms with van der Waals surface area (Å²) in [5, 5.41) is 20.4. The van der Waals surface area contributed by atoms with Gasteiger partial charge in [-0.15, -0.1) is 0 Å². The molecule has 6 heteroatoms. The van der Waals surface area contributed by atoms with E-state index in [-0.39, 0.29) is 6.61 Å². The fraction of sp³-hybridized carbons (Fsp3) is 0.391. The first-order chi connectivity index (χ1) is 14.1. The van der Waals surface area contributed by atoms with Gasteiger partial charge >= 0.3 is 0 Å². The standard InChI is InChI=1S/C23H30N2O4/c1-3-6-18-9-10-22(23(15-18)28-2)29-17-19(26)16-24-11-13-25(14-12-24)20-7-4-5-8-21(20)27/h3-10,15,19,26-27H,11-14,16-17H2,1-2H3/b6-3+. The van der Waals surface area contributed by atoms with Crippen molar-refractivity contribution in [3.05, 3.63) is 54.1 Å². The lowest BCUT2D eigenvalue weighted by Gasteiger charge is -2.37. The highest BCUT2D eigenvalue weighted by Crippen LogP contribution is 2.29. The number of phenols is 1. The average molecular weight is 399 g/mol. The molecule has 1 aliphatic heterocycles. The number of anilines is 1. The summed E-state index contributed by atoms with van der Waals surface area (Å²) in [5.74, 6) is 1.59. The third kappa shape index (κ3) is 5.65. The van der Waals surface area contributed by atoms with Gasteiger partial charge in [-0.05, 0) is 36.8 Å².